The van der Waals surface area contributed by atoms with Crippen LogP contribution >= 0.6 is 0 Å². The van der Waals surface area contributed by atoms with E-state index in [9.17, 15) is 8.78 Å². The van der Waals surface area contributed by atoms with Gasteiger partial charge in [-0.1, -0.05) is 13.0 Å². The maximum atomic E-state index is 14.0. The molecule has 0 aromatic heterocycles. The van der Waals surface area contributed by atoms with Crippen molar-refractivity contribution in [1.82, 2.24) is 5.32 Å². The maximum Gasteiger partial charge on any atom is 0.130 e. The molecule has 1 aliphatic rings. The number of hydrogen-bond acceptors (Lipinski definition) is 2. The molecule has 118 valence electrons. The molecular formula is C17H25F2NO. The minimum atomic E-state index is -0.523. The topological polar surface area (TPSA) is 21.3 Å². The lowest BCUT2D eigenvalue weighted by atomic mass is 9.98. The SMILES string of the molecule is CCCNC(CCCC1CCCO1)c1ccc(F)cc1F. The molecule has 0 bridgehead atoms. The first-order chi connectivity index (χ1) is 10.2. The highest BCUT2D eigenvalue weighted by Gasteiger charge is 2.18. The lowest BCUT2D eigenvalue weighted by Crippen LogP contribution is -2.23. The summed E-state index contributed by atoms with van der Waals surface area (Å²) >= 11 is 0. The lowest BCUT2D eigenvalue weighted by Gasteiger charge is -2.20. The second-order valence-electron chi connectivity index (χ2n) is 5.74. The van der Waals surface area contributed by atoms with E-state index >= 15 is 0 Å². The average molecular weight is 297 g/mol. The Labute approximate surface area is 125 Å². The van der Waals surface area contributed by atoms with Crippen LogP contribution in [-0.4, -0.2) is 19.3 Å². The van der Waals surface area contributed by atoms with Crippen LogP contribution in [0.15, 0.2) is 18.2 Å². The number of nitrogens with one attached hydrogen (secondary N) is 1. The minimum absolute atomic E-state index is 0.0491. The third-order valence-electron chi connectivity index (χ3n) is 4.02. The van der Waals surface area contributed by atoms with Gasteiger partial charge in [0.15, 0.2) is 0 Å². The Balaban J connectivity index is 1.92. The molecule has 1 saturated heterocycles. The first-order valence-corrected chi connectivity index (χ1v) is 8.00. The monoisotopic (exact) mass is 297 g/mol. The Kier molecular flexibility index (Phi) is 6.58. The number of halogens is 2. The summed E-state index contributed by atoms with van der Waals surface area (Å²) in [6.07, 6.45) is 6.51. The molecule has 2 unspecified atom stereocenters. The van der Waals surface area contributed by atoms with Crippen molar-refractivity contribution in [2.24, 2.45) is 0 Å². The van der Waals surface area contributed by atoms with Gasteiger partial charge >= 0.3 is 0 Å². The van der Waals surface area contributed by atoms with Crippen molar-refractivity contribution in [3.05, 3.63) is 35.4 Å². The van der Waals surface area contributed by atoms with Crippen molar-refractivity contribution < 1.29 is 13.5 Å². The molecule has 2 nitrogen and oxygen atoms in total. The van der Waals surface area contributed by atoms with E-state index in [0.717, 1.165) is 57.7 Å². The van der Waals surface area contributed by atoms with Gasteiger partial charge in [0.25, 0.3) is 0 Å². The van der Waals surface area contributed by atoms with Crippen LogP contribution in [0, 0.1) is 11.6 Å². The molecule has 1 heterocycles. The first kappa shape index (κ1) is 16.4. The van der Waals surface area contributed by atoms with Gasteiger partial charge in [0.05, 0.1) is 6.10 Å². The molecule has 0 spiro atoms. The zero-order valence-electron chi connectivity index (χ0n) is 12.7. The van der Waals surface area contributed by atoms with E-state index in [0.29, 0.717) is 11.7 Å². The highest BCUT2D eigenvalue weighted by molar-refractivity contribution is 5.22. The van der Waals surface area contributed by atoms with E-state index in [4.69, 9.17) is 4.74 Å². The fourth-order valence-electron chi connectivity index (χ4n) is 2.89. The van der Waals surface area contributed by atoms with Crippen LogP contribution in [0.2, 0.25) is 0 Å². The summed E-state index contributed by atoms with van der Waals surface area (Å²) in [7, 11) is 0. The van der Waals surface area contributed by atoms with Crippen LogP contribution in [-0.2, 0) is 4.74 Å². The van der Waals surface area contributed by atoms with Crippen molar-refractivity contribution in [3.8, 4) is 0 Å². The highest BCUT2D eigenvalue weighted by Crippen LogP contribution is 2.25. The Hall–Kier alpha value is -1.00. The maximum absolute atomic E-state index is 14.0. The Morgan fingerprint density at radius 3 is 2.90 bits per heavy atom. The number of ether oxygens (including phenoxy) is 1. The molecule has 0 saturated carbocycles. The Bertz CT molecular complexity index is 433. The van der Waals surface area contributed by atoms with Crippen molar-refractivity contribution in [3.63, 3.8) is 0 Å². The summed E-state index contributed by atoms with van der Waals surface area (Å²) in [5.74, 6) is -0.981. The summed E-state index contributed by atoms with van der Waals surface area (Å²) in [5.41, 5.74) is 0.567. The van der Waals surface area contributed by atoms with E-state index in [-0.39, 0.29) is 6.04 Å². The highest BCUT2D eigenvalue weighted by atomic mass is 19.1. The normalized spacial score (nSPS) is 19.9. The van der Waals surface area contributed by atoms with Crippen molar-refractivity contribution >= 4 is 0 Å². The molecule has 2 rings (SSSR count). The Morgan fingerprint density at radius 2 is 2.24 bits per heavy atom. The summed E-state index contributed by atoms with van der Waals surface area (Å²) in [6.45, 7) is 3.79. The second kappa shape index (κ2) is 8.44. The molecule has 1 N–H and O–H groups in total. The predicted octanol–water partition coefficient (Wildman–Crippen LogP) is 4.35. The molecule has 0 aliphatic carbocycles. The van der Waals surface area contributed by atoms with Crippen LogP contribution in [0.5, 0.6) is 0 Å². The van der Waals surface area contributed by atoms with E-state index in [1.54, 1.807) is 6.07 Å². The standard InChI is InChI=1S/C17H25F2NO/c1-2-10-20-17(7-3-5-14-6-4-11-21-14)15-9-8-13(18)12-16(15)19/h8-9,12,14,17,20H,2-7,10-11H2,1H3. The second-order valence-corrected chi connectivity index (χ2v) is 5.74. The average Bonchev–Trinajstić information content (AvgIpc) is 2.96. The largest absolute Gasteiger partial charge is 0.378 e. The molecular weight excluding hydrogens is 272 g/mol. The van der Waals surface area contributed by atoms with E-state index < -0.39 is 11.6 Å². The molecule has 4 heteroatoms. The quantitative estimate of drug-likeness (QED) is 0.770. The van der Waals surface area contributed by atoms with Gasteiger partial charge in [0.2, 0.25) is 0 Å². The molecule has 0 radical (unpaired) electrons. The summed E-state index contributed by atoms with van der Waals surface area (Å²) in [6, 6.07) is 3.81. The molecule has 21 heavy (non-hydrogen) atoms. The van der Waals surface area contributed by atoms with Gasteiger partial charge in [-0.05, 0) is 51.1 Å². The minimum Gasteiger partial charge on any atom is -0.378 e. The lowest BCUT2D eigenvalue weighted by molar-refractivity contribution is 0.101. The summed E-state index contributed by atoms with van der Waals surface area (Å²) < 4.78 is 32.6. The molecule has 1 aromatic rings. The predicted molar refractivity (Wildman–Crippen MR) is 80.2 cm³/mol. The number of benzene rings is 1. The summed E-state index contributed by atoms with van der Waals surface area (Å²) in [5, 5.41) is 3.37. The number of hydrogen-bond donors (Lipinski definition) is 1. The van der Waals surface area contributed by atoms with E-state index in [2.05, 4.69) is 12.2 Å². The zero-order valence-corrected chi connectivity index (χ0v) is 12.7. The summed E-state index contributed by atoms with van der Waals surface area (Å²) in [4.78, 5) is 0. The van der Waals surface area contributed by atoms with Gasteiger partial charge in [-0.3, -0.25) is 0 Å². The first-order valence-electron chi connectivity index (χ1n) is 8.00. The smallest absolute Gasteiger partial charge is 0.130 e. The van der Waals surface area contributed by atoms with Gasteiger partial charge in [-0.2, -0.15) is 0 Å². The van der Waals surface area contributed by atoms with Crippen LogP contribution in [0.3, 0.4) is 0 Å². The van der Waals surface area contributed by atoms with Gasteiger partial charge in [-0.15, -0.1) is 0 Å². The van der Waals surface area contributed by atoms with Crippen molar-refractivity contribution in [2.75, 3.05) is 13.2 Å². The molecule has 1 fully saturated rings. The molecule has 0 amide bonds. The van der Waals surface area contributed by atoms with Crippen LogP contribution < -0.4 is 5.32 Å². The van der Waals surface area contributed by atoms with Gasteiger partial charge in [0.1, 0.15) is 11.6 Å². The fraction of sp³-hybridized carbons (Fsp3) is 0.647. The van der Waals surface area contributed by atoms with Crippen LogP contribution in [0.4, 0.5) is 8.78 Å². The van der Waals surface area contributed by atoms with E-state index in [1.807, 2.05) is 0 Å². The van der Waals surface area contributed by atoms with Gasteiger partial charge in [-0.25, -0.2) is 8.78 Å². The molecule has 1 aromatic carbocycles. The van der Waals surface area contributed by atoms with Crippen molar-refractivity contribution in [1.29, 1.82) is 0 Å². The van der Waals surface area contributed by atoms with Gasteiger partial charge < -0.3 is 10.1 Å². The van der Waals surface area contributed by atoms with Crippen LogP contribution in [0.25, 0.3) is 0 Å². The molecule has 2 atom stereocenters. The fourth-order valence-corrected chi connectivity index (χ4v) is 2.89. The Morgan fingerprint density at radius 1 is 1.38 bits per heavy atom. The third kappa shape index (κ3) is 5.04. The molecule has 1 aliphatic heterocycles. The number of rotatable bonds is 8. The third-order valence-corrected chi connectivity index (χ3v) is 4.02. The zero-order chi connectivity index (χ0) is 15.1. The van der Waals surface area contributed by atoms with Crippen molar-refractivity contribution in [2.45, 2.75) is 57.6 Å². The van der Waals surface area contributed by atoms with Crippen LogP contribution in [0.1, 0.15) is 57.1 Å². The van der Waals surface area contributed by atoms with Gasteiger partial charge in [0, 0.05) is 24.3 Å². The van der Waals surface area contributed by atoms with E-state index in [1.165, 1.54) is 6.07 Å².